The van der Waals surface area contributed by atoms with Crippen LogP contribution in [0.2, 0.25) is 0 Å². The van der Waals surface area contributed by atoms with E-state index < -0.39 is 11.9 Å². The van der Waals surface area contributed by atoms with Crippen molar-refractivity contribution in [2.24, 2.45) is 5.73 Å². The Hall–Kier alpha value is -2.97. The van der Waals surface area contributed by atoms with Crippen LogP contribution in [0.15, 0.2) is 36.5 Å². The van der Waals surface area contributed by atoms with Crippen molar-refractivity contribution in [3.8, 4) is 0 Å². The minimum atomic E-state index is -4.49. The molecule has 4 N–H and O–H groups in total. The van der Waals surface area contributed by atoms with Crippen molar-refractivity contribution in [2.45, 2.75) is 19.0 Å². The predicted molar refractivity (Wildman–Crippen MR) is 85.7 cm³/mol. The van der Waals surface area contributed by atoms with Crippen LogP contribution >= 0.6 is 0 Å². The van der Waals surface area contributed by atoms with Crippen LogP contribution in [0.3, 0.4) is 0 Å². The Balaban J connectivity index is 1.98. The van der Waals surface area contributed by atoms with E-state index in [2.05, 4.69) is 21.9 Å². The van der Waals surface area contributed by atoms with Crippen LogP contribution in [0, 0.1) is 0 Å². The maximum atomic E-state index is 13.0. The lowest BCUT2D eigenvalue weighted by Gasteiger charge is -2.11. The molecule has 132 valence electrons. The fraction of sp³-hybridized carbons (Fsp3) is 0.250. The molecule has 1 aliphatic heterocycles. The van der Waals surface area contributed by atoms with Gasteiger partial charge in [0.05, 0.1) is 24.7 Å². The summed E-state index contributed by atoms with van der Waals surface area (Å²) in [6, 6.07) is 0. The van der Waals surface area contributed by atoms with E-state index in [1.807, 2.05) is 5.10 Å². The van der Waals surface area contributed by atoms with Crippen molar-refractivity contribution in [1.29, 1.82) is 0 Å². The smallest absolute Gasteiger partial charge is 0.433 e. The Bertz CT molecular complexity index is 844. The Morgan fingerprint density at radius 1 is 1.32 bits per heavy atom. The Morgan fingerprint density at radius 2 is 2.08 bits per heavy atom. The van der Waals surface area contributed by atoms with Gasteiger partial charge in [-0.1, -0.05) is 6.58 Å². The van der Waals surface area contributed by atoms with Gasteiger partial charge in [-0.15, -0.1) is 0 Å². The maximum Gasteiger partial charge on any atom is 0.433 e. The number of nitrogens with two attached hydrogens (primary N) is 1. The van der Waals surface area contributed by atoms with E-state index >= 15 is 0 Å². The number of allylic oxidation sites excluding steroid dienone is 1. The standard InChI is InChI=1S/C16H16F3N5O/c1-2-13-12(8-22-23-13)11(6-20)14-9(3-4-25-14)5-10-7-21-24-15(10)16(17,18)19/h2,6-8H,1,3-5,20H2,(H,21,24)(H,22,23)/b11-6-. The largest absolute Gasteiger partial charge is 0.493 e. The second-order valence-electron chi connectivity index (χ2n) is 5.46. The number of hydrogen-bond acceptors (Lipinski definition) is 4. The zero-order valence-corrected chi connectivity index (χ0v) is 13.2. The lowest BCUT2D eigenvalue weighted by molar-refractivity contribution is -0.141. The molecule has 3 rings (SSSR count). The molecule has 1 aliphatic rings. The topological polar surface area (TPSA) is 92.6 Å². The first-order valence-electron chi connectivity index (χ1n) is 7.48. The molecule has 0 aromatic carbocycles. The molecule has 0 saturated carbocycles. The van der Waals surface area contributed by atoms with Crippen molar-refractivity contribution < 1.29 is 17.9 Å². The van der Waals surface area contributed by atoms with Crippen LogP contribution in [0.5, 0.6) is 0 Å². The third-order valence-corrected chi connectivity index (χ3v) is 3.95. The highest BCUT2D eigenvalue weighted by Crippen LogP contribution is 2.37. The van der Waals surface area contributed by atoms with E-state index in [-0.39, 0.29) is 12.0 Å². The Labute approximate surface area is 141 Å². The van der Waals surface area contributed by atoms with E-state index in [9.17, 15) is 13.2 Å². The van der Waals surface area contributed by atoms with Crippen molar-refractivity contribution in [1.82, 2.24) is 20.4 Å². The highest BCUT2D eigenvalue weighted by Gasteiger charge is 2.36. The number of halogens is 3. The third-order valence-electron chi connectivity index (χ3n) is 3.95. The molecule has 0 spiro atoms. The number of alkyl halides is 3. The van der Waals surface area contributed by atoms with E-state index in [1.54, 1.807) is 12.3 Å². The van der Waals surface area contributed by atoms with E-state index in [4.69, 9.17) is 10.5 Å². The summed E-state index contributed by atoms with van der Waals surface area (Å²) in [7, 11) is 0. The number of rotatable bonds is 5. The van der Waals surface area contributed by atoms with Crippen molar-refractivity contribution >= 4 is 11.6 Å². The molecule has 0 radical (unpaired) electrons. The van der Waals surface area contributed by atoms with Crippen LogP contribution in [0.1, 0.15) is 28.9 Å². The minimum Gasteiger partial charge on any atom is -0.493 e. The fourth-order valence-corrected chi connectivity index (χ4v) is 2.80. The average Bonchev–Trinajstić information content (AvgIpc) is 3.29. The molecule has 9 heteroatoms. The quantitative estimate of drug-likeness (QED) is 0.772. The number of hydrogen-bond donors (Lipinski definition) is 3. The molecule has 2 aromatic rings. The molecule has 0 aliphatic carbocycles. The minimum absolute atomic E-state index is 0.0676. The lowest BCUT2D eigenvalue weighted by atomic mass is 9.97. The first kappa shape index (κ1) is 16.9. The van der Waals surface area contributed by atoms with Crippen LogP contribution in [0.4, 0.5) is 13.2 Å². The molecule has 0 amide bonds. The maximum absolute atomic E-state index is 13.0. The number of H-pyrrole nitrogens is 2. The average molecular weight is 351 g/mol. The van der Waals surface area contributed by atoms with Crippen LogP contribution in [0.25, 0.3) is 11.6 Å². The summed E-state index contributed by atoms with van der Waals surface area (Å²) in [5, 5.41) is 12.3. The first-order chi connectivity index (χ1) is 12.0. The summed E-state index contributed by atoms with van der Waals surface area (Å²) in [6.07, 6.45) is 1.79. The van der Waals surface area contributed by atoms with Crippen molar-refractivity contribution in [3.63, 3.8) is 0 Å². The molecule has 0 bridgehead atoms. The molecular weight excluding hydrogens is 335 g/mol. The van der Waals surface area contributed by atoms with Crippen LogP contribution in [-0.4, -0.2) is 27.0 Å². The monoisotopic (exact) mass is 351 g/mol. The number of aromatic nitrogens is 4. The second kappa shape index (κ2) is 6.50. The van der Waals surface area contributed by atoms with Gasteiger partial charge in [0, 0.05) is 35.7 Å². The van der Waals surface area contributed by atoms with Gasteiger partial charge in [0.1, 0.15) is 11.5 Å². The summed E-state index contributed by atoms with van der Waals surface area (Å²) >= 11 is 0. The zero-order chi connectivity index (χ0) is 18.0. The van der Waals surface area contributed by atoms with Gasteiger partial charge in [-0.25, -0.2) is 0 Å². The molecule has 0 saturated heterocycles. The third kappa shape index (κ3) is 3.17. The van der Waals surface area contributed by atoms with Crippen LogP contribution in [-0.2, 0) is 17.3 Å². The van der Waals surface area contributed by atoms with Gasteiger partial charge < -0.3 is 10.5 Å². The van der Waals surface area contributed by atoms with Gasteiger partial charge in [-0.05, 0) is 11.6 Å². The Morgan fingerprint density at radius 3 is 2.76 bits per heavy atom. The number of nitrogens with one attached hydrogen (secondary N) is 2. The molecular formula is C16H16F3N5O. The predicted octanol–water partition coefficient (Wildman–Crippen LogP) is 3.01. The molecule has 25 heavy (non-hydrogen) atoms. The molecule has 3 heterocycles. The summed E-state index contributed by atoms with van der Waals surface area (Å²) in [5.41, 5.74) is 7.58. The van der Waals surface area contributed by atoms with Gasteiger partial charge >= 0.3 is 6.18 Å². The molecule has 0 fully saturated rings. The van der Waals surface area contributed by atoms with E-state index in [1.165, 1.54) is 12.4 Å². The zero-order valence-electron chi connectivity index (χ0n) is 13.2. The molecule has 6 nitrogen and oxygen atoms in total. The summed E-state index contributed by atoms with van der Waals surface area (Å²) in [4.78, 5) is 0. The van der Waals surface area contributed by atoms with Gasteiger partial charge in [-0.2, -0.15) is 23.4 Å². The summed E-state index contributed by atoms with van der Waals surface area (Å²) in [5.74, 6) is 0.473. The van der Waals surface area contributed by atoms with Gasteiger partial charge in [0.25, 0.3) is 0 Å². The highest BCUT2D eigenvalue weighted by molar-refractivity contribution is 5.81. The van der Waals surface area contributed by atoms with Gasteiger partial charge in [-0.3, -0.25) is 10.2 Å². The molecule has 0 unspecified atom stereocenters. The summed E-state index contributed by atoms with van der Waals surface area (Å²) < 4.78 is 44.7. The highest BCUT2D eigenvalue weighted by atomic mass is 19.4. The number of nitrogens with zero attached hydrogens (tertiary/aromatic N) is 2. The molecule has 0 atom stereocenters. The van der Waals surface area contributed by atoms with Crippen molar-refractivity contribution in [3.05, 3.63) is 59.0 Å². The van der Waals surface area contributed by atoms with Crippen LogP contribution < -0.4 is 5.73 Å². The molecule has 2 aromatic heterocycles. The summed E-state index contributed by atoms with van der Waals surface area (Å²) in [6.45, 7) is 4.07. The Kier molecular flexibility index (Phi) is 4.39. The van der Waals surface area contributed by atoms with Gasteiger partial charge in [0.2, 0.25) is 0 Å². The fourth-order valence-electron chi connectivity index (χ4n) is 2.80. The second-order valence-corrected chi connectivity index (χ2v) is 5.46. The van der Waals surface area contributed by atoms with Crippen molar-refractivity contribution in [2.75, 3.05) is 6.61 Å². The van der Waals surface area contributed by atoms with Gasteiger partial charge in [0.15, 0.2) is 0 Å². The first-order valence-corrected chi connectivity index (χ1v) is 7.48. The van der Waals surface area contributed by atoms with E-state index in [0.717, 1.165) is 5.57 Å². The normalized spacial score (nSPS) is 15.6. The lowest BCUT2D eigenvalue weighted by Crippen LogP contribution is -2.09. The number of aromatic amines is 2. The van der Waals surface area contributed by atoms with E-state index in [0.29, 0.717) is 35.6 Å². The SMILES string of the molecule is C=Cc1[nH]ncc1/C(=C/N)C1=C(Cc2cn[nH]c2C(F)(F)F)CCO1. The number of ether oxygens (including phenoxy) is 1.